The topological polar surface area (TPSA) is 40.5 Å². The number of hydrogen-bond acceptors (Lipinski definition) is 2. The second-order valence-corrected chi connectivity index (χ2v) is 3.11. The summed E-state index contributed by atoms with van der Waals surface area (Å²) in [6.07, 6.45) is 5.02. The lowest BCUT2D eigenvalue weighted by Crippen LogP contribution is -2.11. The molecule has 1 heterocycles. The van der Waals surface area contributed by atoms with Gasteiger partial charge in [0.15, 0.2) is 0 Å². The maximum absolute atomic E-state index is 10.4. The van der Waals surface area contributed by atoms with Crippen LogP contribution in [0.1, 0.15) is 0 Å². The highest BCUT2D eigenvalue weighted by Crippen LogP contribution is 2.10. The van der Waals surface area contributed by atoms with E-state index in [4.69, 9.17) is 5.11 Å². The van der Waals surface area contributed by atoms with Crippen molar-refractivity contribution >= 4 is 28.8 Å². The zero-order chi connectivity index (χ0) is 7.56. The fourth-order valence-corrected chi connectivity index (χ4v) is 1.18. The Balaban J connectivity index is 2.76. The molecule has 1 N–H and O–H groups in total. The Morgan fingerprint density at radius 3 is 2.90 bits per heavy atom. The molecule has 10 heavy (non-hydrogen) atoms. The molecular formula is C6H6INO2. The minimum atomic E-state index is -0.877. The van der Waals surface area contributed by atoms with Crippen LogP contribution in [0.2, 0.25) is 0 Å². The molecule has 0 radical (unpaired) electrons. The predicted molar refractivity (Wildman–Crippen MR) is 45.6 cm³/mol. The van der Waals surface area contributed by atoms with Crippen LogP contribution in [0.5, 0.6) is 0 Å². The lowest BCUT2D eigenvalue weighted by atomic mass is 10.2. The van der Waals surface area contributed by atoms with Crippen LogP contribution < -0.4 is 0 Å². The second kappa shape index (κ2) is 3.05. The molecule has 1 aliphatic rings. The molecule has 54 valence electrons. The number of carboxylic acid groups (broad SMARTS) is 1. The van der Waals surface area contributed by atoms with Crippen LogP contribution in [0.15, 0.2) is 23.9 Å². The zero-order valence-corrected chi connectivity index (χ0v) is 7.28. The Morgan fingerprint density at radius 2 is 2.50 bits per heavy atom. The van der Waals surface area contributed by atoms with E-state index in [0.29, 0.717) is 5.57 Å². The lowest BCUT2D eigenvalue weighted by molar-refractivity contribution is -0.132. The summed E-state index contributed by atoms with van der Waals surface area (Å²) in [6.45, 7) is 0.775. The average molecular weight is 251 g/mol. The standard InChI is InChI=1S/C6H6INO2/c7-8-3-1-2-5(4-8)6(9)10/h1-2,4H,3H2,(H,9,10). The maximum atomic E-state index is 10.4. The molecule has 0 aromatic carbocycles. The molecule has 1 rings (SSSR count). The molecule has 0 atom stereocenters. The summed E-state index contributed by atoms with van der Waals surface area (Å²) in [5.41, 5.74) is 0.334. The molecule has 3 nitrogen and oxygen atoms in total. The smallest absolute Gasteiger partial charge is 0.337 e. The SMILES string of the molecule is O=C(O)C1=CN(I)CC=C1. The largest absolute Gasteiger partial charge is 0.478 e. The molecule has 0 bridgehead atoms. The Labute approximate surface area is 72.5 Å². The van der Waals surface area contributed by atoms with Gasteiger partial charge in [-0.3, -0.25) is 0 Å². The number of halogens is 1. The van der Waals surface area contributed by atoms with Gasteiger partial charge in [0.05, 0.1) is 28.4 Å². The van der Waals surface area contributed by atoms with E-state index < -0.39 is 5.97 Å². The van der Waals surface area contributed by atoms with Crippen LogP contribution >= 0.6 is 22.9 Å². The summed E-state index contributed by atoms with van der Waals surface area (Å²) in [5, 5.41) is 8.51. The fraction of sp³-hybridized carbons (Fsp3) is 0.167. The highest BCUT2D eigenvalue weighted by atomic mass is 127. The first-order valence-electron chi connectivity index (χ1n) is 2.74. The molecular weight excluding hydrogens is 245 g/mol. The van der Waals surface area contributed by atoms with Gasteiger partial charge in [-0.2, -0.15) is 0 Å². The maximum Gasteiger partial charge on any atom is 0.337 e. The first-order valence-corrected chi connectivity index (χ1v) is 3.70. The van der Waals surface area contributed by atoms with Crippen molar-refractivity contribution in [2.24, 2.45) is 0 Å². The Bertz CT molecular complexity index is 210. The van der Waals surface area contributed by atoms with E-state index in [1.165, 1.54) is 0 Å². The van der Waals surface area contributed by atoms with Crippen LogP contribution in [0.25, 0.3) is 0 Å². The van der Waals surface area contributed by atoms with Crippen molar-refractivity contribution < 1.29 is 9.90 Å². The third-order valence-corrected chi connectivity index (χ3v) is 1.78. The van der Waals surface area contributed by atoms with Crippen molar-refractivity contribution in [3.05, 3.63) is 23.9 Å². The van der Waals surface area contributed by atoms with E-state index in [1.807, 2.05) is 28.9 Å². The van der Waals surface area contributed by atoms with Crippen molar-refractivity contribution in [3.63, 3.8) is 0 Å². The molecule has 0 aromatic rings. The number of carbonyl (C=O) groups is 1. The summed E-state index contributed by atoms with van der Waals surface area (Å²) in [4.78, 5) is 10.4. The highest BCUT2D eigenvalue weighted by molar-refractivity contribution is 14.1. The molecule has 0 fully saturated rings. The molecule has 0 saturated heterocycles. The molecule has 0 amide bonds. The lowest BCUT2D eigenvalue weighted by Gasteiger charge is -2.12. The zero-order valence-electron chi connectivity index (χ0n) is 5.12. The first-order chi connectivity index (χ1) is 4.70. The van der Waals surface area contributed by atoms with E-state index in [1.54, 1.807) is 15.4 Å². The number of rotatable bonds is 1. The summed E-state index contributed by atoms with van der Waals surface area (Å²) < 4.78 is 1.79. The van der Waals surface area contributed by atoms with E-state index in [-0.39, 0.29) is 0 Å². The van der Waals surface area contributed by atoms with Gasteiger partial charge in [0.1, 0.15) is 0 Å². The Kier molecular flexibility index (Phi) is 2.31. The number of aliphatic carboxylic acids is 1. The molecule has 1 aliphatic heterocycles. The van der Waals surface area contributed by atoms with Crippen molar-refractivity contribution in [3.8, 4) is 0 Å². The minimum Gasteiger partial charge on any atom is -0.478 e. The van der Waals surface area contributed by atoms with Crippen LogP contribution in [0, 0.1) is 0 Å². The van der Waals surface area contributed by atoms with E-state index in [9.17, 15) is 4.79 Å². The molecule has 0 saturated carbocycles. The number of hydrogen-bond donors (Lipinski definition) is 1. The van der Waals surface area contributed by atoms with Crippen LogP contribution in [-0.2, 0) is 4.79 Å². The molecule has 0 aromatic heterocycles. The second-order valence-electron chi connectivity index (χ2n) is 1.87. The van der Waals surface area contributed by atoms with Gasteiger partial charge in [-0.1, -0.05) is 6.08 Å². The van der Waals surface area contributed by atoms with Gasteiger partial charge in [-0.25, -0.2) is 4.79 Å². The van der Waals surface area contributed by atoms with Crippen molar-refractivity contribution in [1.29, 1.82) is 0 Å². The summed E-state index contributed by atoms with van der Waals surface area (Å²) in [7, 11) is 0. The summed E-state index contributed by atoms with van der Waals surface area (Å²) in [5.74, 6) is -0.877. The first kappa shape index (κ1) is 7.59. The predicted octanol–water partition coefficient (Wildman–Crippen LogP) is 1.18. The van der Waals surface area contributed by atoms with E-state index >= 15 is 0 Å². The quantitative estimate of drug-likeness (QED) is 0.561. The molecule has 4 heteroatoms. The Hall–Kier alpha value is -0.520. The van der Waals surface area contributed by atoms with E-state index in [0.717, 1.165) is 6.54 Å². The molecule has 0 aliphatic carbocycles. The van der Waals surface area contributed by atoms with Gasteiger partial charge in [-0.15, -0.1) is 0 Å². The van der Waals surface area contributed by atoms with Gasteiger partial charge >= 0.3 is 5.97 Å². The normalized spacial score (nSPS) is 16.9. The van der Waals surface area contributed by atoms with Crippen LogP contribution in [0.4, 0.5) is 0 Å². The third-order valence-electron chi connectivity index (χ3n) is 1.10. The summed E-state index contributed by atoms with van der Waals surface area (Å²) in [6, 6.07) is 0. The van der Waals surface area contributed by atoms with E-state index in [2.05, 4.69) is 0 Å². The number of nitrogens with zero attached hydrogens (tertiary/aromatic N) is 1. The van der Waals surface area contributed by atoms with Crippen molar-refractivity contribution in [1.82, 2.24) is 3.11 Å². The van der Waals surface area contributed by atoms with Gasteiger partial charge in [0, 0.05) is 12.7 Å². The van der Waals surface area contributed by atoms with Crippen LogP contribution in [-0.4, -0.2) is 20.7 Å². The fourth-order valence-electron chi connectivity index (χ4n) is 0.654. The van der Waals surface area contributed by atoms with Crippen molar-refractivity contribution in [2.45, 2.75) is 0 Å². The third kappa shape index (κ3) is 1.73. The minimum absolute atomic E-state index is 0.334. The van der Waals surface area contributed by atoms with Gasteiger partial charge < -0.3 is 8.22 Å². The molecule has 0 spiro atoms. The highest BCUT2D eigenvalue weighted by Gasteiger charge is 2.07. The average Bonchev–Trinajstić information content (AvgIpc) is 1.88. The van der Waals surface area contributed by atoms with Gasteiger partial charge in [0.25, 0.3) is 0 Å². The summed E-state index contributed by atoms with van der Waals surface area (Å²) >= 11 is 2.05. The Morgan fingerprint density at radius 1 is 1.80 bits per heavy atom. The monoisotopic (exact) mass is 251 g/mol. The van der Waals surface area contributed by atoms with Gasteiger partial charge in [-0.05, 0) is 6.08 Å². The van der Waals surface area contributed by atoms with Gasteiger partial charge in [0.2, 0.25) is 0 Å². The van der Waals surface area contributed by atoms with Crippen molar-refractivity contribution in [2.75, 3.05) is 6.54 Å². The molecule has 0 unspecified atom stereocenters. The number of carboxylic acids is 1. The van der Waals surface area contributed by atoms with Crippen LogP contribution in [0.3, 0.4) is 0 Å².